The van der Waals surface area contributed by atoms with Gasteiger partial charge in [0, 0.05) is 12.7 Å². The van der Waals surface area contributed by atoms with Crippen molar-refractivity contribution in [3.05, 3.63) is 36.2 Å². The summed E-state index contributed by atoms with van der Waals surface area (Å²) in [5.74, 6) is 2.34. The Morgan fingerprint density at radius 1 is 1.10 bits per heavy atom. The molecule has 2 N–H and O–H groups in total. The van der Waals surface area contributed by atoms with E-state index in [1.165, 1.54) is 11.9 Å². The van der Waals surface area contributed by atoms with E-state index in [2.05, 4.69) is 40.5 Å². The third-order valence-electron chi connectivity index (χ3n) is 3.08. The molecule has 106 valence electrons. The second-order valence-electron chi connectivity index (χ2n) is 4.72. The van der Waals surface area contributed by atoms with Crippen molar-refractivity contribution in [2.75, 3.05) is 24.8 Å². The zero-order valence-corrected chi connectivity index (χ0v) is 12.3. The molecule has 5 heteroatoms. The first-order valence-corrected chi connectivity index (χ1v) is 6.60. The Morgan fingerprint density at radius 3 is 2.45 bits per heavy atom. The summed E-state index contributed by atoms with van der Waals surface area (Å²) in [6, 6.07) is 8.19. The van der Waals surface area contributed by atoms with Crippen molar-refractivity contribution in [1.82, 2.24) is 9.97 Å². The molecule has 1 aromatic heterocycles. The van der Waals surface area contributed by atoms with Crippen LogP contribution in [0.15, 0.2) is 30.6 Å². The van der Waals surface area contributed by atoms with Crippen molar-refractivity contribution < 1.29 is 4.74 Å². The average molecular weight is 272 g/mol. The molecule has 0 amide bonds. The van der Waals surface area contributed by atoms with Gasteiger partial charge in [-0.05, 0) is 17.5 Å². The summed E-state index contributed by atoms with van der Waals surface area (Å²) >= 11 is 0. The molecular weight excluding hydrogens is 252 g/mol. The monoisotopic (exact) mass is 272 g/mol. The van der Waals surface area contributed by atoms with Crippen LogP contribution in [0.4, 0.5) is 17.3 Å². The topological polar surface area (TPSA) is 59.1 Å². The first kappa shape index (κ1) is 14.1. The number of anilines is 3. The normalized spacial score (nSPS) is 10.4. The summed E-state index contributed by atoms with van der Waals surface area (Å²) in [5, 5.41) is 6.33. The highest BCUT2D eigenvalue weighted by atomic mass is 16.5. The molecule has 0 aliphatic carbocycles. The maximum Gasteiger partial charge on any atom is 0.204 e. The van der Waals surface area contributed by atoms with E-state index >= 15 is 0 Å². The van der Waals surface area contributed by atoms with Crippen LogP contribution in [-0.2, 0) is 0 Å². The Balaban J connectivity index is 2.40. The van der Waals surface area contributed by atoms with Gasteiger partial charge in [-0.25, -0.2) is 9.97 Å². The maximum atomic E-state index is 5.39. The molecule has 0 bridgehead atoms. The van der Waals surface area contributed by atoms with Crippen molar-refractivity contribution in [3.63, 3.8) is 0 Å². The van der Waals surface area contributed by atoms with Crippen LogP contribution in [0.5, 0.6) is 5.75 Å². The smallest absolute Gasteiger partial charge is 0.204 e. The summed E-state index contributed by atoms with van der Waals surface area (Å²) in [6.07, 6.45) is 1.51. The molecule has 0 aliphatic heterocycles. The van der Waals surface area contributed by atoms with Gasteiger partial charge in [-0.2, -0.15) is 0 Å². The standard InChI is InChI=1S/C15H20N4O/c1-10(2)11-7-5-6-8-12(11)19-15-13(20-4)14(16-3)17-9-18-15/h5-10H,1-4H3,(H2,16,17,18,19). The van der Waals surface area contributed by atoms with Crippen LogP contribution < -0.4 is 15.4 Å². The molecule has 2 aromatic rings. The fourth-order valence-corrected chi connectivity index (χ4v) is 2.08. The van der Waals surface area contributed by atoms with E-state index in [1.807, 2.05) is 18.2 Å². The predicted molar refractivity (Wildman–Crippen MR) is 81.9 cm³/mol. The molecule has 0 unspecified atom stereocenters. The van der Waals surface area contributed by atoms with Crippen LogP contribution in [0.2, 0.25) is 0 Å². The Labute approximate surface area is 119 Å². The molecule has 0 spiro atoms. The van der Waals surface area contributed by atoms with Crippen LogP contribution >= 0.6 is 0 Å². The molecule has 0 saturated heterocycles. The van der Waals surface area contributed by atoms with Gasteiger partial charge in [0.15, 0.2) is 11.6 Å². The number of aromatic nitrogens is 2. The van der Waals surface area contributed by atoms with E-state index in [0.29, 0.717) is 23.3 Å². The van der Waals surface area contributed by atoms with Crippen molar-refractivity contribution in [3.8, 4) is 5.75 Å². The summed E-state index contributed by atoms with van der Waals surface area (Å²) in [6.45, 7) is 4.33. The van der Waals surface area contributed by atoms with Crippen LogP contribution in [0.25, 0.3) is 0 Å². The van der Waals surface area contributed by atoms with Crippen molar-refractivity contribution >= 4 is 17.3 Å². The Morgan fingerprint density at radius 2 is 1.80 bits per heavy atom. The minimum absolute atomic E-state index is 0.426. The van der Waals surface area contributed by atoms with Gasteiger partial charge < -0.3 is 15.4 Å². The van der Waals surface area contributed by atoms with Gasteiger partial charge in [-0.15, -0.1) is 0 Å². The largest absolute Gasteiger partial charge is 0.490 e. The number of benzene rings is 1. The number of nitrogens with one attached hydrogen (secondary N) is 2. The summed E-state index contributed by atoms with van der Waals surface area (Å²) in [5.41, 5.74) is 2.26. The van der Waals surface area contributed by atoms with Gasteiger partial charge in [0.05, 0.1) is 7.11 Å². The molecule has 1 heterocycles. The van der Waals surface area contributed by atoms with E-state index in [0.717, 1.165) is 5.69 Å². The first-order valence-electron chi connectivity index (χ1n) is 6.60. The van der Waals surface area contributed by atoms with Gasteiger partial charge in [0.2, 0.25) is 5.75 Å². The number of hydrogen-bond donors (Lipinski definition) is 2. The molecule has 1 aromatic carbocycles. The van der Waals surface area contributed by atoms with Crippen LogP contribution in [0.1, 0.15) is 25.3 Å². The lowest BCUT2D eigenvalue weighted by Gasteiger charge is -2.16. The van der Waals surface area contributed by atoms with Crippen molar-refractivity contribution in [2.24, 2.45) is 0 Å². The van der Waals surface area contributed by atoms with E-state index < -0.39 is 0 Å². The summed E-state index contributed by atoms with van der Waals surface area (Å²) < 4.78 is 5.39. The Hall–Kier alpha value is -2.30. The highest BCUT2D eigenvalue weighted by Crippen LogP contribution is 2.33. The average Bonchev–Trinajstić information content (AvgIpc) is 2.47. The second kappa shape index (κ2) is 6.23. The number of ether oxygens (including phenoxy) is 1. The fraction of sp³-hybridized carbons (Fsp3) is 0.333. The Bertz CT molecular complexity index is 584. The van der Waals surface area contributed by atoms with Crippen LogP contribution in [0, 0.1) is 0 Å². The summed E-state index contributed by atoms with van der Waals surface area (Å²) in [7, 11) is 3.41. The summed E-state index contributed by atoms with van der Waals surface area (Å²) in [4.78, 5) is 8.41. The number of para-hydroxylation sites is 1. The number of rotatable bonds is 5. The van der Waals surface area contributed by atoms with E-state index in [9.17, 15) is 0 Å². The van der Waals surface area contributed by atoms with Crippen LogP contribution in [-0.4, -0.2) is 24.1 Å². The van der Waals surface area contributed by atoms with Gasteiger partial charge in [-0.1, -0.05) is 32.0 Å². The first-order chi connectivity index (χ1) is 9.67. The molecular formula is C15H20N4O. The third-order valence-corrected chi connectivity index (χ3v) is 3.08. The number of nitrogens with zero attached hydrogens (tertiary/aromatic N) is 2. The van der Waals surface area contributed by atoms with Gasteiger partial charge in [0.1, 0.15) is 6.33 Å². The van der Waals surface area contributed by atoms with E-state index in [1.54, 1.807) is 14.2 Å². The fourth-order valence-electron chi connectivity index (χ4n) is 2.08. The van der Waals surface area contributed by atoms with E-state index in [-0.39, 0.29) is 0 Å². The van der Waals surface area contributed by atoms with E-state index in [4.69, 9.17) is 4.74 Å². The Kier molecular flexibility index (Phi) is 4.40. The molecule has 0 radical (unpaired) electrons. The second-order valence-corrected chi connectivity index (χ2v) is 4.72. The molecule has 2 rings (SSSR count). The van der Waals surface area contributed by atoms with Gasteiger partial charge in [-0.3, -0.25) is 0 Å². The predicted octanol–water partition coefficient (Wildman–Crippen LogP) is 3.39. The lowest BCUT2D eigenvalue weighted by molar-refractivity contribution is 0.415. The molecule has 0 saturated carbocycles. The SMILES string of the molecule is CNc1ncnc(Nc2ccccc2C(C)C)c1OC. The molecule has 0 fully saturated rings. The minimum atomic E-state index is 0.426. The highest BCUT2D eigenvalue weighted by molar-refractivity contribution is 5.70. The van der Waals surface area contributed by atoms with Gasteiger partial charge >= 0.3 is 0 Å². The number of methoxy groups -OCH3 is 1. The lowest BCUT2D eigenvalue weighted by atomic mass is 10.0. The molecule has 20 heavy (non-hydrogen) atoms. The number of hydrogen-bond acceptors (Lipinski definition) is 5. The molecule has 5 nitrogen and oxygen atoms in total. The highest BCUT2D eigenvalue weighted by Gasteiger charge is 2.13. The maximum absolute atomic E-state index is 5.39. The van der Waals surface area contributed by atoms with Crippen LogP contribution in [0.3, 0.4) is 0 Å². The molecule has 0 atom stereocenters. The van der Waals surface area contributed by atoms with Crippen molar-refractivity contribution in [2.45, 2.75) is 19.8 Å². The van der Waals surface area contributed by atoms with Gasteiger partial charge in [0.25, 0.3) is 0 Å². The minimum Gasteiger partial charge on any atom is -0.490 e. The zero-order valence-electron chi connectivity index (χ0n) is 12.3. The molecule has 0 aliphatic rings. The zero-order chi connectivity index (χ0) is 14.5. The lowest BCUT2D eigenvalue weighted by Crippen LogP contribution is -2.04. The quantitative estimate of drug-likeness (QED) is 0.873. The van der Waals surface area contributed by atoms with Crippen molar-refractivity contribution in [1.29, 1.82) is 0 Å². The third kappa shape index (κ3) is 2.82.